The standard InChI is InChI=1S/C19H20Cl3NO2S/c1-12-9-15(4-6-16(12)20)25-13(2)19(24)23-7-8-26-11-14-3-5-17(21)18(22)10-14/h3-6,9-10,13H,7-8,11H2,1-2H3,(H,23,24)/t13-/m0/s1. The number of aryl methyl sites for hydroxylation is 1. The summed E-state index contributed by atoms with van der Waals surface area (Å²) in [5, 5.41) is 4.66. The molecule has 2 aromatic carbocycles. The van der Waals surface area contributed by atoms with Crippen LogP contribution in [0.4, 0.5) is 0 Å². The molecule has 1 amide bonds. The van der Waals surface area contributed by atoms with E-state index in [1.165, 1.54) is 0 Å². The second kappa shape index (κ2) is 10.3. The van der Waals surface area contributed by atoms with Crippen LogP contribution in [0.2, 0.25) is 15.1 Å². The fraction of sp³-hybridized carbons (Fsp3) is 0.316. The number of benzene rings is 2. The quantitative estimate of drug-likeness (QED) is 0.538. The molecular formula is C19H20Cl3NO2S. The second-order valence-corrected chi connectivity index (χ2v) is 8.09. The molecule has 0 aliphatic heterocycles. The molecule has 0 radical (unpaired) electrons. The average molecular weight is 433 g/mol. The lowest BCUT2D eigenvalue weighted by Crippen LogP contribution is -2.37. The largest absolute Gasteiger partial charge is 0.481 e. The topological polar surface area (TPSA) is 38.3 Å². The van der Waals surface area contributed by atoms with Gasteiger partial charge in [0.1, 0.15) is 5.75 Å². The molecule has 0 fully saturated rings. The summed E-state index contributed by atoms with van der Waals surface area (Å²) in [5.74, 6) is 2.08. The summed E-state index contributed by atoms with van der Waals surface area (Å²) in [6.45, 7) is 4.19. The molecule has 0 aromatic heterocycles. The molecule has 26 heavy (non-hydrogen) atoms. The first-order valence-corrected chi connectivity index (χ1v) is 10.4. The molecule has 3 nitrogen and oxygen atoms in total. The molecule has 0 saturated heterocycles. The summed E-state index contributed by atoms with van der Waals surface area (Å²) in [4.78, 5) is 12.1. The maximum atomic E-state index is 12.1. The highest BCUT2D eigenvalue weighted by Crippen LogP contribution is 2.24. The smallest absolute Gasteiger partial charge is 0.260 e. The SMILES string of the molecule is Cc1cc(O[C@@H](C)C(=O)NCCSCc2ccc(Cl)c(Cl)c2)ccc1Cl. The number of halogens is 3. The van der Waals surface area contributed by atoms with E-state index in [1.54, 1.807) is 36.9 Å². The minimum Gasteiger partial charge on any atom is -0.481 e. The summed E-state index contributed by atoms with van der Waals surface area (Å²) in [6.07, 6.45) is -0.573. The van der Waals surface area contributed by atoms with Crippen molar-refractivity contribution in [3.8, 4) is 5.75 Å². The third kappa shape index (κ3) is 6.58. The van der Waals surface area contributed by atoms with Crippen molar-refractivity contribution in [2.75, 3.05) is 12.3 Å². The van der Waals surface area contributed by atoms with Crippen molar-refractivity contribution in [2.24, 2.45) is 0 Å². The van der Waals surface area contributed by atoms with Gasteiger partial charge in [-0.3, -0.25) is 4.79 Å². The fourth-order valence-electron chi connectivity index (χ4n) is 2.16. The zero-order chi connectivity index (χ0) is 19.1. The zero-order valence-electron chi connectivity index (χ0n) is 14.5. The van der Waals surface area contributed by atoms with Crippen molar-refractivity contribution < 1.29 is 9.53 Å². The van der Waals surface area contributed by atoms with E-state index in [0.29, 0.717) is 27.4 Å². The van der Waals surface area contributed by atoms with Gasteiger partial charge in [0.2, 0.25) is 0 Å². The van der Waals surface area contributed by atoms with Crippen molar-refractivity contribution in [3.63, 3.8) is 0 Å². The van der Waals surface area contributed by atoms with E-state index in [2.05, 4.69) is 5.32 Å². The van der Waals surface area contributed by atoms with Crippen molar-refractivity contribution in [1.82, 2.24) is 5.32 Å². The van der Waals surface area contributed by atoms with Crippen molar-refractivity contribution >= 4 is 52.5 Å². The number of amides is 1. The Morgan fingerprint density at radius 3 is 2.54 bits per heavy atom. The van der Waals surface area contributed by atoms with Gasteiger partial charge >= 0.3 is 0 Å². The highest BCUT2D eigenvalue weighted by Gasteiger charge is 2.14. The Kier molecular flexibility index (Phi) is 8.42. The monoisotopic (exact) mass is 431 g/mol. The van der Waals surface area contributed by atoms with Gasteiger partial charge in [0.25, 0.3) is 5.91 Å². The van der Waals surface area contributed by atoms with Crippen LogP contribution in [0.15, 0.2) is 36.4 Å². The lowest BCUT2D eigenvalue weighted by molar-refractivity contribution is -0.127. The normalized spacial score (nSPS) is 11.9. The Balaban J connectivity index is 1.69. The molecule has 140 valence electrons. The molecule has 2 rings (SSSR count). The Bertz CT molecular complexity index is 770. The van der Waals surface area contributed by atoms with Crippen molar-refractivity contribution in [2.45, 2.75) is 25.7 Å². The Hall–Kier alpha value is -1.07. The van der Waals surface area contributed by atoms with E-state index >= 15 is 0 Å². The molecule has 1 N–H and O–H groups in total. The van der Waals surface area contributed by atoms with E-state index in [0.717, 1.165) is 22.6 Å². The maximum absolute atomic E-state index is 12.1. The molecule has 2 aromatic rings. The summed E-state index contributed by atoms with van der Waals surface area (Å²) in [6, 6.07) is 10.9. The van der Waals surface area contributed by atoms with Gasteiger partial charge in [0.15, 0.2) is 6.10 Å². The van der Waals surface area contributed by atoms with Crippen LogP contribution in [-0.4, -0.2) is 24.3 Å². The predicted octanol–water partition coefficient (Wildman–Crippen LogP) is 5.77. The summed E-state index contributed by atoms with van der Waals surface area (Å²) < 4.78 is 5.66. The first kappa shape index (κ1) is 21.2. The molecule has 0 bridgehead atoms. The Labute approximate surface area is 173 Å². The van der Waals surface area contributed by atoms with Crippen LogP contribution in [0.5, 0.6) is 5.75 Å². The minimum atomic E-state index is -0.573. The first-order valence-electron chi connectivity index (χ1n) is 8.09. The molecule has 0 aliphatic rings. The highest BCUT2D eigenvalue weighted by molar-refractivity contribution is 7.98. The van der Waals surface area contributed by atoms with Crippen LogP contribution in [0.3, 0.4) is 0 Å². The van der Waals surface area contributed by atoms with Gasteiger partial charge in [-0.05, 0) is 55.3 Å². The summed E-state index contributed by atoms with van der Waals surface area (Å²) in [5.41, 5.74) is 2.01. The third-order valence-electron chi connectivity index (χ3n) is 3.61. The Morgan fingerprint density at radius 1 is 1.12 bits per heavy atom. The number of thioether (sulfide) groups is 1. The van der Waals surface area contributed by atoms with Crippen LogP contribution in [0.1, 0.15) is 18.1 Å². The lowest BCUT2D eigenvalue weighted by Gasteiger charge is -2.15. The van der Waals surface area contributed by atoms with Gasteiger partial charge in [-0.1, -0.05) is 40.9 Å². The van der Waals surface area contributed by atoms with E-state index in [4.69, 9.17) is 39.5 Å². The number of nitrogens with one attached hydrogen (secondary N) is 1. The van der Waals surface area contributed by atoms with Crippen LogP contribution in [0.25, 0.3) is 0 Å². The van der Waals surface area contributed by atoms with Crippen LogP contribution < -0.4 is 10.1 Å². The molecule has 1 atom stereocenters. The van der Waals surface area contributed by atoms with Gasteiger partial charge in [-0.15, -0.1) is 0 Å². The number of rotatable bonds is 8. The molecule has 0 unspecified atom stereocenters. The van der Waals surface area contributed by atoms with E-state index in [1.807, 2.05) is 25.1 Å². The van der Waals surface area contributed by atoms with Crippen molar-refractivity contribution in [3.05, 3.63) is 62.6 Å². The van der Waals surface area contributed by atoms with Crippen molar-refractivity contribution in [1.29, 1.82) is 0 Å². The van der Waals surface area contributed by atoms with Gasteiger partial charge < -0.3 is 10.1 Å². The third-order valence-corrected chi connectivity index (χ3v) is 5.80. The molecular weight excluding hydrogens is 413 g/mol. The zero-order valence-corrected chi connectivity index (χ0v) is 17.6. The van der Waals surface area contributed by atoms with Gasteiger partial charge in [-0.25, -0.2) is 0 Å². The maximum Gasteiger partial charge on any atom is 0.260 e. The van der Waals surface area contributed by atoms with E-state index in [9.17, 15) is 4.79 Å². The number of ether oxygens (including phenoxy) is 1. The lowest BCUT2D eigenvalue weighted by atomic mass is 10.2. The van der Waals surface area contributed by atoms with Crippen LogP contribution in [0, 0.1) is 6.92 Å². The summed E-state index contributed by atoms with van der Waals surface area (Å²) in [7, 11) is 0. The average Bonchev–Trinajstić information content (AvgIpc) is 2.60. The number of hydrogen-bond donors (Lipinski definition) is 1. The number of carbonyl (C=O) groups excluding carboxylic acids is 1. The highest BCUT2D eigenvalue weighted by atomic mass is 35.5. The second-order valence-electron chi connectivity index (χ2n) is 5.76. The van der Waals surface area contributed by atoms with E-state index in [-0.39, 0.29) is 5.91 Å². The molecule has 7 heteroatoms. The Morgan fingerprint density at radius 2 is 1.85 bits per heavy atom. The van der Waals surface area contributed by atoms with Gasteiger partial charge in [0.05, 0.1) is 10.0 Å². The summed E-state index contributed by atoms with van der Waals surface area (Å²) >= 11 is 19.6. The molecule has 0 heterocycles. The van der Waals surface area contributed by atoms with E-state index < -0.39 is 6.10 Å². The number of hydrogen-bond acceptors (Lipinski definition) is 3. The first-order chi connectivity index (χ1) is 12.4. The van der Waals surface area contributed by atoms with Crippen LogP contribution >= 0.6 is 46.6 Å². The fourth-order valence-corrected chi connectivity index (χ4v) is 3.40. The predicted molar refractivity (Wildman–Crippen MR) is 112 cm³/mol. The van der Waals surface area contributed by atoms with Gasteiger partial charge in [-0.2, -0.15) is 11.8 Å². The molecule has 0 spiro atoms. The number of carbonyl (C=O) groups is 1. The van der Waals surface area contributed by atoms with Crippen LogP contribution in [-0.2, 0) is 10.5 Å². The minimum absolute atomic E-state index is 0.146. The molecule has 0 saturated carbocycles. The molecule has 0 aliphatic carbocycles. The van der Waals surface area contributed by atoms with Gasteiger partial charge in [0, 0.05) is 23.1 Å².